The van der Waals surface area contributed by atoms with Crippen molar-refractivity contribution < 1.29 is 0 Å². The first-order valence-electron chi connectivity index (χ1n) is 7.62. The highest BCUT2D eigenvalue weighted by molar-refractivity contribution is 4.96. The fourth-order valence-electron chi connectivity index (χ4n) is 4.38. The third kappa shape index (κ3) is 2.39. The molecule has 3 fully saturated rings. The van der Waals surface area contributed by atoms with E-state index in [1.165, 1.54) is 51.6 Å². The summed E-state index contributed by atoms with van der Waals surface area (Å²) >= 11 is 0. The zero-order chi connectivity index (χ0) is 11.9. The van der Waals surface area contributed by atoms with Crippen LogP contribution in [-0.2, 0) is 0 Å². The van der Waals surface area contributed by atoms with E-state index in [9.17, 15) is 0 Å². The molecular weight excluding hydrogens is 208 g/mol. The van der Waals surface area contributed by atoms with Crippen LogP contribution in [0.2, 0.25) is 0 Å². The first-order valence-corrected chi connectivity index (χ1v) is 7.62. The van der Waals surface area contributed by atoms with Crippen molar-refractivity contribution in [3.05, 3.63) is 0 Å². The lowest BCUT2D eigenvalue weighted by molar-refractivity contribution is 0.168. The molecule has 1 saturated heterocycles. The van der Waals surface area contributed by atoms with Crippen molar-refractivity contribution in [1.29, 1.82) is 0 Å². The van der Waals surface area contributed by atoms with Crippen molar-refractivity contribution in [2.24, 2.45) is 17.3 Å². The summed E-state index contributed by atoms with van der Waals surface area (Å²) in [6.45, 7) is 7.24. The van der Waals surface area contributed by atoms with Gasteiger partial charge in [-0.25, -0.2) is 0 Å². The molecule has 1 heterocycles. The highest BCUT2D eigenvalue weighted by Gasteiger charge is 2.40. The molecule has 4 unspecified atom stereocenters. The van der Waals surface area contributed by atoms with Crippen molar-refractivity contribution in [2.45, 2.75) is 64.5 Å². The third-order valence-electron chi connectivity index (χ3n) is 5.65. The monoisotopic (exact) mass is 236 g/mol. The molecule has 0 aromatic carbocycles. The van der Waals surface area contributed by atoms with Crippen LogP contribution in [0.3, 0.4) is 0 Å². The number of nitrogens with one attached hydrogen (secondary N) is 2. The summed E-state index contributed by atoms with van der Waals surface area (Å²) in [7, 11) is 0. The minimum absolute atomic E-state index is 0.475. The van der Waals surface area contributed by atoms with Gasteiger partial charge in [0.2, 0.25) is 0 Å². The van der Waals surface area contributed by atoms with Gasteiger partial charge in [-0.1, -0.05) is 20.3 Å². The van der Waals surface area contributed by atoms with Gasteiger partial charge in [-0.3, -0.25) is 0 Å². The van der Waals surface area contributed by atoms with Crippen molar-refractivity contribution in [3.63, 3.8) is 0 Å². The minimum atomic E-state index is 0.475. The van der Waals surface area contributed by atoms with Gasteiger partial charge < -0.3 is 10.6 Å². The second-order valence-electron chi connectivity index (χ2n) is 7.29. The van der Waals surface area contributed by atoms with E-state index in [-0.39, 0.29) is 0 Å². The second-order valence-corrected chi connectivity index (χ2v) is 7.29. The van der Waals surface area contributed by atoms with Crippen molar-refractivity contribution in [1.82, 2.24) is 10.6 Å². The normalized spacial score (nSPS) is 44.1. The van der Waals surface area contributed by atoms with Crippen molar-refractivity contribution in [2.75, 3.05) is 13.1 Å². The Labute approximate surface area is 106 Å². The molecule has 3 aliphatic rings. The Hall–Kier alpha value is -0.0800. The van der Waals surface area contributed by atoms with Gasteiger partial charge in [-0.2, -0.15) is 0 Å². The molecule has 2 nitrogen and oxygen atoms in total. The molecule has 2 bridgehead atoms. The quantitative estimate of drug-likeness (QED) is 0.787. The summed E-state index contributed by atoms with van der Waals surface area (Å²) in [6.07, 6.45) is 8.69. The summed E-state index contributed by atoms with van der Waals surface area (Å²) in [5, 5.41) is 7.59. The number of hydrogen-bond donors (Lipinski definition) is 2. The van der Waals surface area contributed by atoms with E-state index in [0.29, 0.717) is 11.5 Å². The Morgan fingerprint density at radius 2 is 2.12 bits per heavy atom. The number of hydrogen-bond acceptors (Lipinski definition) is 2. The van der Waals surface area contributed by atoms with Crippen LogP contribution in [0.15, 0.2) is 0 Å². The molecule has 0 spiro atoms. The van der Waals surface area contributed by atoms with Gasteiger partial charge in [0.1, 0.15) is 0 Å². The van der Waals surface area contributed by atoms with Crippen LogP contribution in [-0.4, -0.2) is 25.2 Å². The van der Waals surface area contributed by atoms with Crippen LogP contribution in [0.5, 0.6) is 0 Å². The number of rotatable bonds is 3. The summed E-state index contributed by atoms with van der Waals surface area (Å²) in [5.41, 5.74) is 0.475. The van der Waals surface area contributed by atoms with Crippen LogP contribution >= 0.6 is 0 Å². The lowest BCUT2D eigenvalue weighted by Gasteiger charge is -2.40. The van der Waals surface area contributed by atoms with E-state index < -0.39 is 0 Å². The Morgan fingerprint density at radius 1 is 1.24 bits per heavy atom. The summed E-state index contributed by atoms with van der Waals surface area (Å²) in [4.78, 5) is 0. The van der Waals surface area contributed by atoms with Gasteiger partial charge >= 0.3 is 0 Å². The summed E-state index contributed by atoms with van der Waals surface area (Å²) in [6, 6.07) is 1.52. The molecule has 0 aromatic heterocycles. The van der Waals surface area contributed by atoms with Crippen molar-refractivity contribution >= 4 is 0 Å². The third-order valence-corrected chi connectivity index (χ3v) is 5.65. The van der Waals surface area contributed by atoms with E-state index in [1.807, 2.05) is 0 Å². The molecule has 3 rings (SSSR count). The summed E-state index contributed by atoms with van der Waals surface area (Å²) in [5.74, 6) is 2.07. The van der Waals surface area contributed by atoms with Crippen LogP contribution in [0.25, 0.3) is 0 Å². The molecule has 0 amide bonds. The number of piperidine rings is 1. The molecule has 0 radical (unpaired) electrons. The Morgan fingerprint density at radius 3 is 2.76 bits per heavy atom. The zero-order valence-corrected chi connectivity index (χ0v) is 11.5. The second kappa shape index (κ2) is 4.55. The predicted molar refractivity (Wildman–Crippen MR) is 72.0 cm³/mol. The topological polar surface area (TPSA) is 24.1 Å². The van der Waals surface area contributed by atoms with E-state index in [4.69, 9.17) is 0 Å². The lowest BCUT2D eigenvalue weighted by atomic mass is 9.77. The largest absolute Gasteiger partial charge is 0.312 e. The Bertz CT molecular complexity index is 274. The molecule has 2 N–H and O–H groups in total. The first-order chi connectivity index (χ1) is 8.15. The van der Waals surface area contributed by atoms with Crippen LogP contribution < -0.4 is 10.6 Å². The molecule has 2 heteroatoms. The maximum Gasteiger partial charge on any atom is 0.0243 e. The zero-order valence-electron chi connectivity index (χ0n) is 11.5. The molecule has 1 aliphatic heterocycles. The fourth-order valence-corrected chi connectivity index (χ4v) is 4.38. The molecule has 98 valence electrons. The van der Waals surface area contributed by atoms with Crippen LogP contribution in [0, 0.1) is 17.3 Å². The minimum Gasteiger partial charge on any atom is -0.312 e. The Kier molecular flexibility index (Phi) is 3.20. The van der Waals surface area contributed by atoms with Crippen LogP contribution in [0.1, 0.15) is 52.4 Å². The molecule has 0 aromatic rings. The molecule has 2 saturated carbocycles. The Balaban J connectivity index is 1.50. The lowest BCUT2D eigenvalue weighted by Crippen LogP contribution is -2.53. The van der Waals surface area contributed by atoms with E-state index >= 15 is 0 Å². The first kappa shape index (κ1) is 12.0. The van der Waals surface area contributed by atoms with Gasteiger partial charge in [-0.15, -0.1) is 0 Å². The average molecular weight is 236 g/mol. The maximum atomic E-state index is 3.88. The van der Waals surface area contributed by atoms with E-state index in [0.717, 1.165) is 17.9 Å². The van der Waals surface area contributed by atoms with Gasteiger partial charge in [-0.05, 0) is 55.9 Å². The van der Waals surface area contributed by atoms with Crippen LogP contribution in [0.4, 0.5) is 0 Å². The predicted octanol–water partition coefficient (Wildman–Crippen LogP) is 2.54. The summed E-state index contributed by atoms with van der Waals surface area (Å²) < 4.78 is 0. The highest BCUT2D eigenvalue weighted by atomic mass is 15.0. The van der Waals surface area contributed by atoms with Gasteiger partial charge in [0.15, 0.2) is 0 Å². The SMILES string of the molecule is CC1(C)CCCNC1CNC1CC2CCC1C2. The number of fused-ring (bicyclic) bond motifs is 2. The molecular formula is C15H28N2. The maximum absolute atomic E-state index is 3.88. The smallest absolute Gasteiger partial charge is 0.0243 e. The van der Waals surface area contributed by atoms with Gasteiger partial charge in [0, 0.05) is 18.6 Å². The molecule has 17 heavy (non-hydrogen) atoms. The molecule has 4 atom stereocenters. The average Bonchev–Trinajstić information content (AvgIpc) is 2.88. The van der Waals surface area contributed by atoms with Gasteiger partial charge in [0.25, 0.3) is 0 Å². The fraction of sp³-hybridized carbons (Fsp3) is 1.00. The van der Waals surface area contributed by atoms with Crippen molar-refractivity contribution in [3.8, 4) is 0 Å². The van der Waals surface area contributed by atoms with E-state index in [2.05, 4.69) is 24.5 Å². The van der Waals surface area contributed by atoms with E-state index in [1.54, 1.807) is 0 Å². The van der Waals surface area contributed by atoms with Gasteiger partial charge in [0.05, 0.1) is 0 Å². The molecule has 2 aliphatic carbocycles. The standard InChI is InChI=1S/C15H28N2/c1-15(2)6-3-7-16-14(15)10-17-13-9-11-4-5-12(13)8-11/h11-14,16-17H,3-10H2,1-2H3. The highest BCUT2D eigenvalue weighted by Crippen LogP contribution is 2.44.